The van der Waals surface area contributed by atoms with Crippen molar-refractivity contribution in [2.75, 3.05) is 18.5 Å². The SMILES string of the molecule is CCN(C)c1ccc(C#N)nc1. The molecular weight excluding hydrogens is 150 g/mol. The molecule has 0 aliphatic heterocycles. The van der Waals surface area contributed by atoms with Gasteiger partial charge in [-0.25, -0.2) is 4.98 Å². The molecule has 0 aliphatic carbocycles. The summed E-state index contributed by atoms with van der Waals surface area (Å²) in [5.74, 6) is 0. The Morgan fingerprint density at radius 1 is 1.58 bits per heavy atom. The second-order valence-electron chi connectivity index (χ2n) is 2.53. The molecule has 0 N–H and O–H groups in total. The highest BCUT2D eigenvalue weighted by molar-refractivity contribution is 5.44. The monoisotopic (exact) mass is 161 g/mol. The molecule has 12 heavy (non-hydrogen) atoms. The number of nitriles is 1. The third kappa shape index (κ3) is 1.73. The third-order valence-electron chi connectivity index (χ3n) is 1.78. The average molecular weight is 161 g/mol. The lowest BCUT2D eigenvalue weighted by molar-refractivity contribution is 0.960. The Hall–Kier alpha value is -1.56. The van der Waals surface area contributed by atoms with E-state index in [9.17, 15) is 0 Å². The number of anilines is 1. The summed E-state index contributed by atoms with van der Waals surface area (Å²) in [5, 5.41) is 8.50. The predicted octanol–water partition coefficient (Wildman–Crippen LogP) is 1.41. The lowest BCUT2D eigenvalue weighted by Gasteiger charge is -2.15. The fourth-order valence-electron chi connectivity index (χ4n) is 0.861. The highest BCUT2D eigenvalue weighted by Crippen LogP contribution is 2.09. The molecule has 0 radical (unpaired) electrons. The minimum atomic E-state index is 0.461. The second kappa shape index (κ2) is 3.72. The van der Waals surface area contributed by atoms with E-state index in [0.29, 0.717) is 5.69 Å². The third-order valence-corrected chi connectivity index (χ3v) is 1.78. The van der Waals surface area contributed by atoms with E-state index >= 15 is 0 Å². The first-order valence-electron chi connectivity index (χ1n) is 3.85. The first-order valence-corrected chi connectivity index (χ1v) is 3.85. The van der Waals surface area contributed by atoms with Gasteiger partial charge in [-0.05, 0) is 19.1 Å². The number of nitrogens with zero attached hydrogens (tertiary/aromatic N) is 3. The van der Waals surface area contributed by atoms with E-state index in [-0.39, 0.29) is 0 Å². The highest BCUT2D eigenvalue weighted by atomic mass is 15.1. The molecule has 0 saturated heterocycles. The van der Waals surface area contributed by atoms with Gasteiger partial charge in [-0.2, -0.15) is 5.26 Å². The number of aromatic nitrogens is 1. The summed E-state index contributed by atoms with van der Waals surface area (Å²) >= 11 is 0. The van der Waals surface area contributed by atoms with Crippen molar-refractivity contribution >= 4 is 5.69 Å². The molecule has 0 fully saturated rings. The standard InChI is InChI=1S/C9H11N3/c1-3-12(2)9-5-4-8(6-10)11-7-9/h4-5,7H,3H2,1-2H3. The van der Waals surface area contributed by atoms with Crippen LogP contribution < -0.4 is 4.90 Å². The number of rotatable bonds is 2. The van der Waals surface area contributed by atoms with Crippen molar-refractivity contribution in [3.05, 3.63) is 24.0 Å². The molecule has 1 heterocycles. The zero-order chi connectivity index (χ0) is 8.97. The van der Waals surface area contributed by atoms with E-state index in [4.69, 9.17) is 5.26 Å². The van der Waals surface area contributed by atoms with E-state index < -0.39 is 0 Å². The zero-order valence-corrected chi connectivity index (χ0v) is 7.28. The van der Waals surface area contributed by atoms with Crippen LogP contribution in [-0.4, -0.2) is 18.6 Å². The molecule has 0 aliphatic rings. The summed E-state index contributed by atoms with van der Waals surface area (Å²) in [5.41, 5.74) is 1.50. The largest absolute Gasteiger partial charge is 0.374 e. The Kier molecular flexibility index (Phi) is 2.65. The Morgan fingerprint density at radius 3 is 2.75 bits per heavy atom. The maximum atomic E-state index is 8.50. The number of hydrogen-bond acceptors (Lipinski definition) is 3. The molecule has 1 aromatic heterocycles. The Bertz CT molecular complexity index is 284. The molecule has 1 aromatic rings. The molecule has 0 aromatic carbocycles. The van der Waals surface area contributed by atoms with Gasteiger partial charge in [0.1, 0.15) is 11.8 Å². The second-order valence-corrected chi connectivity index (χ2v) is 2.53. The van der Waals surface area contributed by atoms with E-state index in [1.54, 1.807) is 12.3 Å². The van der Waals surface area contributed by atoms with Gasteiger partial charge in [0.15, 0.2) is 0 Å². The Morgan fingerprint density at radius 2 is 2.33 bits per heavy atom. The van der Waals surface area contributed by atoms with Crippen LogP contribution in [0.15, 0.2) is 18.3 Å². The summed E-state index contributed by atoms with van der Waals surface area (Å²) in [4.78, 5) is 6.03. The summed E-state index contributed by atoms with van der Waals surface area (Å²) in [6, 6.07) is 5.60. The summed E-state index contributed by atoms with van der Waals surface area (Å²) in [6.45, 7) is 3.01. The van der Waals surface area contributed by atoms with Crippen LogP contribution in [0.5, 0.6) is 0 Å². The van der Waals surface area contributed by atoms with Crippen molar-refractivity contribution in [1.82, 2.24) is 4.98 Å². The maximum Gasteiger partial charge on any atom is 0.140 e. The summed E-state index contributed by atoms with van der Waals surface area (Å²) < 4.78 is 0. The van der Waals surface area contributed by atoms with Gasteiger partial charge >= 0.3 is 0 Å². The zero-order valence-electron chi connectivity index (χ0n) is 7.28. The van der Waals surface area contributed by atoms with Crippen LogP contribution in [0.1, 0.15) is 12.6 Å². The maximum absolute atomic E-state index is 8.50. The fourth-order valence-corrected chi connectivity index (χ4v) is 0.861. The fraction of sp³-hybridized carbons (Fsp3) is 0.333. The van der Waals surface area contributed by atoms with E-state index in [1.807, 2.05) is 19.2 Å². The summed E-state index contributed by atoms with van der Waals surface area (Å²) in [7, 11) is 1.99. The molecule has 0 bridgehead atoms. The lowest BCUT2D eigenvalue weighted by Crippen LogP contribution is -2.15. The molecule has 0 atom stereocenters. The molecular formula is C9H11N3. The van der Waals surface area contributed by atoms with Crippen molar-refractivity contribution in [3.63, 3.8) is 0 Å². The quantitative estimate of drug-likeness (QED) is 0.658. The molecule has 0 spiro atoms. The lowest BCUT2D eigenvalue weighted by atomic mass is 10.3. The van der Waals surface area contributed by atoms with E-state index in [2.05, 4.69) is 16.8 Å². The topological polar surface area (TPSA) is 39.9 Å². The molecule has 0 amide bonds. The number of pyridine rings is 1. The Balaban J connectivity index is 2.86. The first-order chi connectivity index (χ1) is 5.77. The normalized spacial score (nSPS) is 9.08. The van der Waals surface area contributed by atoms with E-state index in [0.717, 1.165) is 12.2 Å². The van der Waals surface area contributed by atoms with Crippen LogP contribution in [0.2, 0.25) is 0 Å². The van der Waals surface area contributed by atoms with Crippen molar-refractivity contribution in [3.8, 4) is 6.07 Å². The molecule has 3 nitrogen and oxygen atoms in total. The van der Waals surface area contributed by atoms with Gasteiger partial charge in [0.05, 0.1) is 11.9 Å². The van der Waals surface area contributed by atoms with Crippen molar-refractivity contribution < 1.29 is 0 Å². The first kappa shape index (κ1) is 8.54. The van der Waals surface area contributed by atoms with Gasteiger partial charge in [-0.3, -0.25) is 0 Å². The van der Waals surface area contributed by atoms with E-state index in [1.165, 1.54) is 0 Å². The minimum Gasteiger partial charge on any atom is -0.374 e. The minimum absolute atomic E-state index is 0.461. The molecule has 1 rings (SSSR count). The average Bonchev–Trinajstić information content (AvgIpc) is 2.17. The van der Waals surface area contributed by atoms with Gasteiger partial charge in [-0.1, -0.05) is 0 Å². The van der Waals surface area contributed by atoms with Crippen LogP contribution in [0.3, 0.4) is 0 Å². The van der Waals surface area contributed by atoms with Crippen LogP contribution in [0, 0.1) is 11.3 Å². The van der Waals surface area contributed by atoms with Crippen molar-refractivity contribution in [1.29, 1.82) is 5.26 Å². The Labute approximate surface area is 72.3 Å². The van der Waals surface area contributed by atoms with Gasteiger partial charge in [0, 0.05) is 13.6 Å². The predicted molar refractivity (Wildman–Crippen MR) is 47.9 cm³/mol. The molecule has 3 heteroatoms. The van der Waals surface area contributed by atoms with Gasteiger partial charge in [-0.15, -0.1) is 0 Å². The smallest absolute Gasteiger partial charge is 0.140 e. The summed E-state index contributed by atoms with van der Waals surface area (Å²) in [6.07, 6.45) is 1.71. The highest BCUT2D eigenvalue weighted by Gasteiger charge is 1.97. The van der Waals surface area contributed by atoms with Crippen LogP contribution in [-0.2, 0) is 0 Å². The molecule has 0 unspecified atom stereocenters. The molecule has 0 saturated carbocycles. The van der Waals surface area contributed by atoms with Gasteiger partial charge in [0.2, 0.25) is 0 Å². The van der Waals surface area contributed by atoms with Crippen LogP contribution >= 0.6 is 0 Å². The van der Waals surface area contributed by atoms with Gasteiger partial charge < -0.3 is 4.90 Å². The van der Waals surface area contributed by atoms with Gasteiger partial charge in [0.25, 0.3) is 0 Å². The van der Waals surface area contributed by atoms with Crippen LogP contribution in [0.25, 0.3) is 0 Å². The molecule has 62 valence electrons. The number of hydrogen-bond donors (Lipinski definition) is 0. The van der Waals surface area contributed by atoms with Crippen molar-refractivity contribution in [2.45, 2.75) is 6.92 Å². The van der Waals surface area contributed by atoms with Crippen molar-refractivity contribution in [2.24, 2.45) is 0 Å². The van der Waals surface area contributed by atoms with Crippen LogP contribution in [0.4, 0.5) is 5.69 Å².